The van der Waals surface area contributed by atoms with Gasteiger partial charge in [0.25, 0.3) is 5.91 Å². The van der Waals surface area contributed by atoms with E-state index in [1.165, 1.54) is 11.3 Å². The lowest BCUT2D eigenvalue weighted by Crippen LogP contribution is -2.30. The summed E-state index contributed by atoms with van der Waals surface area (Å²) < 4.78 is 0. The highest BCUT2D eigenvalue weighted by Crippen LogP contribution is 2.27. The number of carbonyl (C=O) groups excluding carboxylic acids is 1. The Morgan fingerprint density at radius 2 is 2.16 bits per heavy atom. The molecule has 100 valence electrons. The van der Waals surface area contributed by atoms with Gasteiger partial charge in [0.15, 0.2) is 0 Å². The van der Waals surface area contributed by atoms with E-state index in [4.69, 9.17) is 0 Å². The Kier molecular flexibility index (Phi) is 3.85. The first-order valence-corrected chi connectivity index (χ1v) is 6.88. The van der Waals surface area contributed by atoms with Gasteiger partial charge in [-0.1, -0.05) is 6.07 Å². The topological polar surface area (TPSA) is 53.4 Å². The number of aromatic hydroxyl groups is 1. The molecule has 0 unspecified atom stereocenters. The van der Waals surface area contributed by atoms with Crippen LogP contribution in [0.3, 0.4) is 0 Å². The zero-order valence-electron chi connectivity index (χ0n) is 11.2. The molecule has 1 heterocycles. The summed E-state index contributed by atoms with van der Waals surface area (Å²) >= 11 is 1.38. The number of phenolic OH excluding ortho intramolecular Hbond substituents is 1. The van der Waals surface area contributed by atoms with Crippen molar-refractivity contribution < 1.29 is 9.90 Å². The summed E-state index contributed by atoms with van der Waals surface area (Å²) in [5.41, 5.74) is 1.69. The highest BCUT2D eigenvalue weighted by molar-refractivity contribution is 7.13. The van der Waals surface area contributed by atoms with Crippen molar-refractivity contribution in [2.45, 2.75) is 20.8 Å². The molecule has 0 bridgehead atoms. The van der Waals surface area contributed by atoms with Crippen LogP contribution in [0.1, 0.15) is 27.2 Å². The van der Waals surface area contributed by atoms with Crippen LogP contribution >= 0.6 is 11.3 Å². The average Bonchev–Trinajstić information content (AvgIpc) is 2.81. The first-order chi connectivity index (χ1) is 9.02. The number of nitrogens with zero attached hydrogens (tertiary/aromatic N) is 2. The van der Waals surface area contributed by atoms with E-state index in [1.54, 1.807) is 29.3 Å². The molecule has 1 aromatic heterocycles. The minimum absolute atomic E-state index is 0.0817. The van der Waals surface area contributed by atoms with Gasteiger partial charge in [-0.2, -0.15) is 0 Å². The van der Waals surface area contributed by atoms with Crippen LogP contribution in [0.25, 0.3) is 0 Å². The second kappa shape index (κ2) is 5.40. The molecule has 1 N–H and O–H groups in total. The molecule has 2 rings (SSSR count). The van der Waals surface area contributed by atoms with Gasteiger partial charge >= 0.3 is 0 Å². The highest BCUT2D eigenvalue weighted by atomic mass is 32.1. The Bertz CT molecular complexity index is 607. The smallest absolute Gasteiger partial charge is 0.269 e. The third-order valence-electron chi connectivity index (χ3n) is 2.88. The molecule has 0 atom stereocenters. The predicted octanol–water partition coefficient (Wildman–Crippen LogP) is 3.13. The molecular weight excluding hydrogens is 260 g/mol. The van der Waals surface area contributed by atoms with Gasteiger partial charge in [-0.15, -0.1) is 11.3 Å². The number of benzene rings is 1. The van der Waals surface area contributed by atoms with Gasteiger partial charge in [-0.3, -0.25) is 4.79 Å². The number of anilines is 1. The van der Waals surface area contributed by atoms with Gasteiger partial charge in [0.2, 0.25) is 0 Å². The fourth-order valence-corrected chi connectivity index (χ4v) is 2.63. The summed E-state index contributed by atoms with van der Waals surface area (Å²) in [7, 11) is 0. The normalized spacial score (nSPS) is 10.5. The van der Waals surface area contributed by atoms with Crippen molar-refractivity contribution in [2.24, 2.45) is 0 Å². The fourth-order valence-electron chi connectivity index (χ4n) is 1.91. The van der Waals surface area contributed by atoms with Crippen molar-refractivity contribution in [2.75, 3.05) is 11.4 Å². The van der Waals surface area contributed by atoms with E-state index in [1.807, 2.05) is 20.8 Å². The summed E-state index contributed by atoms with van der Waals surface area (Å²) in [4.78, 5) is 18.8. The standard InChI is InChI=1S/C14H16N2O2S/c1-4-16(12-7-11(17)6-5-9(12)2)14(18)13-8-15-10(3)19-13/h5-8,17H,4H2,1-3H3. The molecule has 0 fully saturated rings. The minimum Gasteiger partial charge on any atom is -0.508 e. The van der Waals surface area contributed by atoms with Crippen LogP contribution in [-0.2, 0) is 0 Å². The molecular formula is C14H16N2O2S. The number of hydrogen-bond donors (Lipinski definition) is 1. The van der Waals surface area contributed by atoms with Crippen molar-refractivity contribution >= 4 is 22.9 Å². The quantitative estimate of drug-likeness (QED) is 0.937. The lowest BCUT2D eigenvalue weighted by Gasteiger charge is -2.22. The Labute approximate surface area is 116 Å². The SMILES string of the molecule is CCN(C(=O)c1cnc(C)s1)c1cc(O)ccc1C. The Morgan fingerprint density at radius 1 is 1.42 bits per heavy atom. The third kappa shape index (κ3) is 2.76. The zero-order chi connectivity index (χ0) is 14.0. The molecule has 0 aliphatic rings. The van der Waals surface area contributed by atoms with E-state index in [2.05, 4.69) is 4.98 Å². The highest BCUT2D eigenvalue weighted by Gasteiger charge is 2.20. The van der Waals surface area contributed by atoms with E-state index in [-0.39, 0.29) is 11.7 Å². The second-order valence-electron chi connectivity index (χ2n) is 4.26. The number of aryl methyl sites for hydroxylation is 2. The van der Waals surface area contributed by atoms with Crippen LogP contribution in [0.15, 0.2) is 24.4 Å². The van der Waals surface area contributed by atoms with Gasteiger partial charge in [0.1, 0.15) is 10.6 Å². The summed E-state index contributed by atoms with van der Waals surface area (Å²) in [6, 6.07) is 5.04. The molecule has 0 saturated heterocycles. The molecule has 0 saturated carbocycles. The van der Waals surface area contributed by atoms with Crippen molar-refractivity contribution in [3.05, 3.63) is 39.8 Å². The maximum Gasteiger partial charge on any atom is 0.269 e. The number of thiazole rings is 1. The van der Waals surface area contributed by atoms with E-state index < -0.39 is 0 Å². The van der Waals surface area contributed by atoms with E-state index in [0.29, 0.717) is 11.4 Å². The predicted molar refractivity (Wildman–Crippen MR) is 77.0 cm³/mol. The Balaban J connectivity index is 2.39. The van der Waals surface area contributed by atoms with Gasteiger partial charge in [0, 0.05) is 12.6 Å². The molecule has 0 spiro atoms. The van der Waals surface area contributed by atoms with Crippen molar-refractivity contribution in [1.29, 1.82) is 0 Å². The van der Waals surface area contributed by atoms with E-state index >= 15 is 0 Å². The molecule has 1 aromatic carbocycles. The van der Waals surface area contributed by atoms with E-state index in [0.717, 1.165) is 16.3 Å². The maximum absolute atomic E-state index is 12.5. The van der Waals surface area contributed by atoms with Crippen LogP contribution in [0.2, 0.25) is 0 Å². The lowest BCUT2D eigenvalue weighted by atomic mass is 10.1. The van der Waals surface area contributed by atoms with Gasteiger partial charge in [0.05, 0.1) is 16.9 Å². The van der Waals surface area contributed by atoms with Crippen molar-refractivity contribution in [1.82, 2.24) is 4.98 Å². The van der Waals surface area contributed by atoms with Crippen LogP contribution in [0.5, 0.6) is 5.75 Å². The summed E-state index contributed by atoms with van der Waals surface area (Å²) in [5.74, 6) is 0.0779. The first-order valence-electron chi connectivity index (χ1n) is 6.07. The third-order valence-corrected chi connectivity index (χ3v) is 3.78. The van der Waals surface area contributed by atoms with Gasteiger partial charge in [-0.25, -0.2) is 4.98 Å². The molecule has 1 amide bonds. The van der Waals surface area contributed by atoms with Crippen molar-refractivity contribution in [3.8, 4) is 5.75 Å². The fraction of sp³-hybridized carbons (Fsp3) is 0.286. The first kappa shape index (κ1) is 13.5. The summed E-state index contributed by atoms with van der Waals surface area (Å²) in [6.07, 6.45) is 1.60. The maximum atomic E-state index is 12.5. The monoisotopic (exact) mass is 276 g/mol. The molecule has 0 radical (unpaired) electrons. The zero-order valence-corrected chi connectivity index (χ0v) is 12.0. The average molecular weight is 276 g/mol. The molecule has 19 heavy (non-hydrogen) atoms. The second-order valence-corrected chi connectivity index (χ2v) is 5.50. The van der Waals surface area contributed by atoms with E-state index in [9.17, 15) is 9.90 Å². The van der Waals surface area contributed by atoms with Crippen LogP contribution in [-0.4, -0.2) is 22.5 Å². The molecule has 2 aromatic rings. The van der Waals surface area contributed by atoms with Crippen LogP contribution in [0, 0.1) is 13.8 Å². The van der Waals surface area contributed by atoms with Gasteiger partial charge < -0.3 is 10.0 Å². The molecule has 5 heteroatoms. The largest absolute Gasteiger partial charge is 0.508 e. The number of hydrogen-bond acceptors (Lipinski definition) is 4. The molecule has 0 aliphatic heterocycles. The number of aromatic nitrogens is 1. The van der Waals surface area contributed by atoms with Crippen LogP contribution in [0.4, 0.5) is 5.69 Å². The molecule has 4 nitrogen and oxygen atoms in total. The molecule has 0 aliphatic carbocycles. The van der Waals surface area contributed by atoms with Crippen LogP contribution < -0.4 is 4.90 Å². The van der Waals surface area contributed by atoms with Gasteiger partial charge in [-0.05, 0) is 32.4 Å². The number of rotatable bonds is 3. The Hall–Kier alpha value is -1.88. The number of phenols is 1. The summed E-state index contributed by atoms with van der Waals surface area (Å²) in [6.45, 7) is 6.25. The lowest BCUT2D eigenvalue weighted by molar-refractivity contribution is 0.0992. The summed E-state index contributed by atoms with van der Waals surface area (Å²) in [5, 5.41) is 10.5. The number of carbonyl (C=O) groups is 1. The number of amides is 1. The van der Waals surface area contributed by atoms with Crippen molar-refractivity contribution in [3.63, 3.8) is 0 Å². The Morgan fingerprint density at radius 3 is 2.74 bits per heavy atom. The minimum atomic E-state index is -0.0817.